The van der Waals surface area contributed by atoms with Crippen LogP contribution in [0.15, 0.2) is 18.2 Å². The number of hydrogen-bond acceptors (Lipinski definition) is 2. The van der Waals surface area contributed by atoms with Gasteiger partial charge in [-0.25, -0.2) is 4.79 Å². The standard InChI is InChI=1S/C17H21NO2/c1-5-13-8-9-15-12-18(10-6-7-14(15)11-13)16(19)20-17(2,3)4/h1,8-9,11H,6-7,10,12H2,2-4H3. The molecular formula is C17H21NO2. The zero-order chi connectivity index (χ0) is 14.8. The van der Waals surface area contributed by atoms with Crippen molar-refractivity contribution in [2.45, 2.75) is 45.8 Å². The van der Waals surface area contributed by atoms with Gasteiger partial charge in [-0.05, 0) is 56.9 Å². The van der Waals surface area contributed by atoms with Gasteiger partial charge >= 0.3 is 6.09 Å². The molecular weight excluding hydrogens is 250 g/mol. The fourth-order valence-electron chi connectivity index (χ4n) is 2.33. The second-order valence-corrected chi connectivity index (χ2v) is 6.13. The van der Waals surface area contributed by atoms with Crippen molar-refractivity contribution in [3.63, 3.8) is 0 Å². The molecule has 0 unspecified atom stereocenters. The molecule has 0 bridgehead atoms. The van der Waals surface area contributed by atoms with Gasteiger partial charge in [0.05, 0.1) is 0 Å². The van der Waals surface area contributed by atoms with Crippen molar-refractivity contribution in [2.75, 3.05) is 6.54 Å². The summed E-state index contributed by atoms with van der Waals surface area (Å²) in [7, 11) is 0. The van der Waals surface area contributed by atoms with Crippen molar-refractivity contribution < 1.29 is 9.53 Å². The van der Waals surface area contributed by atoms with Gasteiger partial charge in [0, 0.05) is 18.7 Å². The molecule has 1 aromatic carbocycles. The number of amides is 1. The van der Waals surface area contributed by atoms with Gasteiger partial charge in [-0.15, -0.1) is 6.42 Å². The first-order valence-corrected chi connectivity index (χ1v) is 6.95. The Balaban J connectivity index is 2.16. The van der Waals surface area contributed by atoms with E-state index in [-0.39, 0.29) is 6.09 Å². The molecule has 1 aliphatic heterocycles. The third-order valence-electron chi connectivity index (χ3n) is 3.26. The minimum atomic E-state index is -0.459. The molecule has 0 spiro atoms. The van der Waals surface area contributed by atoms with Crippen LogP contribution in [0, 0.1) is 12.3 Å². The number of ether oxygens (including phenoxy) is 1. The normalized spacial score (nSPS) is 15.0. The average molecular weight is 271 g/mol. The Kier molecular flexibility index (Phi) is 4.04. The number of hydrogen-bond donors (Lipinski definition) is 0. The predicted molar refractivity (Wildman–Crippen MR) is 79.3 cm³/mol. The summed E-state index contributed by atoms with van der Waals surface area (Å²) in [4.78, 5) is 13.9. The van der Waals surface area contributed by atoms with E-state index >= 15 is 0 Å². The average Bonchev–Trinajstić information content (AvgIpc) is 2.57. The first-order valence-electron chi connectivity index (χ1n) is 6.95. The maximum Gasteiger partial charge on any atom is 0.410 e. The summed E-state index contributed by atoms with van der Waals surface area (Å²) < 4.78 is 5.45. The Bertz CT molecular complexity index is 549. The molecule has 3 nitrogen and oxygen atoms in total. The first-order chi connectivity index (χ1) is 9.39. The summed E-state index contributed by atoms with van der Waals surface area (Å²) in [5.41, 5.74) is 2.84. The summed E-state index contributed by atoms with van der Waals surface area (Å²) in [6.45, 7) is 6.96. The largest absolute Gasteiger partial charge is 0.444 e. The Morgan fingerprint density at radius 2 is 2.10 bits per heavy atom. The fourth-order valence-corrected chi connectivity index (χ4v) is 2.33. The van der Waals surface area contributed by atoms with Gasteiger partial charge in [-0.2, -0.15) is 0 Å². The number of benzene rings is 1. The lowest BCUT2D eigenvalue weighted by Crippen LogP contribution is -2.36. The zero-order valence-corrected chi connectivity index (χ0v) is 12.4. The maximum atomic E-state index is 12.2. The highest BCUT2D eigenvalue weighted by atomic mass is 16.6. The number of nitrogens with zero attached hydrogens (tertiary/aromatic N) is 1. The summed E-state index contributed by atoms with van der Waals surface area (Å²) in [5.74, 6) is 2.66. The SMILES string of the molecule is C#Cc1ccc2c(c1)CCCN(C(=O)OC(C)(C)C)C2. The lowest BCUT2D eigenvalue weighted by atomic mass is 10.0. The molecule has 0 aliphatic carbocycles. The molecule has 0 atom stereocenters. The van der Waals surface area contributed by atoms with Crippen molar-refractivity contribution in [2.24, 2.45) is 0 Å². The van der Waals surface area contributed by atoms with Crippen molar-refractivity contribution >= 4 is 6.09 Å². The number of aryl methyl sites for hydroxylation is 1. The molecule has 106 valence electrons. The Hall–Kier alpha value is -1.95. The Morgan fingerprint density at radius 3 is 2.75 bits per heavy atom. The van der Waals surface area contributed by atoms with Gasteiger partial charge in [-0.3, -0.25) is 0 Å². The van der Waals surface area contributed by atoms with E-state index < -0.39 is 5.60 Å². The number of fused-ring (bicyclic) bond motifs is 1. The van der Waals surface area contributed by atoms with Crippen LogP contribution in [0.1, 0.15) is 43.9 Å². The smallest absolute Gasteiger partial charge is 0.410 e. The molecule has 1 amide bonds. The van der Waals surface area contributed by atoms with Gasteiger partial charge < -0.3 is 9.64 Å². The second kappa shape index (κ2) is 5.58. The van der Waals surface area contributed by atoms with Gasteiger partial charge in [-0.1, -0.05) is 12.0 Å². The molecule has 1 aliphatic rings. The number of rotatable bonds is 0. The van der Waals surface area contributed by atoms with E-state index in [1.807, 2.05) is 39.0 Å². The molecule has 0 fully saturated rings. The maximum absolute atomic E-state index is 12.2. The fraction of sp³-hybridized carbons (Fsp3) is 0.471. The van der Waals surface area contributed by atoms with Gasteiger partial charge in [0.2, 0.25) is 0 Å². The molecule has 20 heavy (non-hydrogen) atoms. The van der Waals surface area contributed by atoms with E-state index in [0.717, 1.165) is 30.5 Å². The molecule has 1 aromatic rings. The predicted octanol–water partition coefficient (Wildman–Crippen LogP) is 3.35. The molecule has 0 saturated heterocycles. The van der Waals surface area contributed by atoms with Crippen molar-refractivity contribution in [3.8, 4) is 12.3 Å². The van der Waals surface area contributed by atoms with Crippen LogP contribution >= 0.6 is 0 Å². The monoisotopic (exact) mass is 271 g/mol. The van der Waals surface area contributed by atoms with E-state index in [1.165, 1.54) is 5.56 Å². The van der Waals surface area contributed by atoms with Crippen molar-refractivity contribution in [1.82, 2.24) is 4.90 Å². The van der Waals surface area contributed by atoms with Crippen LogP contribution in [0.5, 0.6) is 0 Å². The first kappa shape index (κ1) is 14.5. The quantitative estimate of drug-likeness (QED) is 0.677. The molecule has 0 saturated carbocycles. The third kappa shape index (κ3) is 3.54. The third-order valence-corrected chi connectivity index (χ3v) is 3.26. The zero-order valence-electron chi connectivity index (χ0n) is 12.4. The lowest BCUT2D eigenvalue weighted by molar-refractivity contribution is 0.0237. The van der Waals surface area contributed by atoms with Crippen LogP contribution in [0.3, 0.4) is 0 Å². The van der Waals surface area contributed by atoms with Gasteiger partial charge in [0.1, 0.15) is 5.60 Å². The summed E-state index contributed by atoms with van der Waals surface area (Å²) in [6, 6.07) is 6.00. The highest BCUT2D eigenvalue weighted by molar-refractivity contribution is 5.68. The van der Waals surface area contributed by atoms with Crippen LogP contribution in [0.4, 0.5) is 4.79 Å². The molecule has 0 aromatic heterocycles. The van der Waals surface area contributed by atoms with Crippen LogP contribution in [-0.2, 0) is 17.7 Å². The van der Waals surface area contributed by atoms with Crippen LogP contribution < -0.4 is 0 Å². The highest BCUT2D eigenvalue weighted by Gasteiger charge is 2.24. The molecule has 0 N–H and O–H groups in total. The molecule has 3 heteroatoms. The van der Waals surface area contributed by atoms with E-state index in [0.29, 0.717) is 6.54 Å². The van der Waals surface area contributed by atoms with Crippen molar-refractivity contribution in [1.29, 1.82) is 0 Å². The number of carbonyl (C=O) groups excluding carboxylic acids is 1. The highest BCUT2D eigenvalue weighted by Crippen LogP contribution is 2.21. The topological polar surface area (TPSA) is 29.5 Å². The van der Waals surface area contributed by atoms with E-state index in [2.05, 4.69) is 5.92 Å². The number of terminal acetylenes is 1. The van der Waals surface area contributed by atoms with E-state index in [9.17, 15) is 4.79 Å². The Morgan fingerprint density at radius 1 is 1.35 bits per heavy atom. The summed E-state index contributed by atoms with van der Waals surface area (Å²) >= 11 is 0. The van der Waals surface area contributed by atoms with Crippen LogP contribution in [-0.4, -0.2) is 23.1 Å². The summed E-state index contributed by atoms with van der Waals surface area (Å²) in [6.07, 6.45) is 7.07. The van der Waals surface area contributed by atoms with Gasteiger partial charge in [0.25, 0.3) is 0 Å². The van der Waals surface area contributed by atoms with Crippen LogP contribution in [0.25, 0.3) is 0 Å². The van der Waals surface area contributed by atoms with Gasteiger partial charge in [0.15, 0.2) is 0 Å². The van der Waals surface area contributed by atoms with Crippen LogP contribution in [0.2, 0.25) is 0 Å². The minimum Gasteiger partial charge on any atom is -0.444 e. The van der Waals surface area contributed by atoms with E-state index in [4.69, 9.17) is 11.2 Å². The molecule has 2 rings (SSSR count). The Labute approximate surface area is 120 Å². The van der Waals surface area contributed by atoms with E-state index in [1.54, 1.807) is 4.90 Å². The summed E-state index contributed by atoms with van der Waals surface area (Å²) in [5, 5.41) is 0. The van der Waals surface area contributed by atoms with Crippen molar-refractivity contribution in [3.05, 3.63) is 34.9 Å². The lowest BCUT2D eigenvalue weighted by Gasteiger charge is -2.26. The second-order valence-electron chi connectivity index (χ2n) is 6.13. The minimum absolute atomic E-state index is 0.244. The molecule has 1 heterocycles. The number of carbonyl (C=O) groups is 1. The molecule has 0 radical (unpaired) electrons.